The Labute approximate surface area is 131 Å². The SMILES string of the molecule is NC(=S)C(NC(=O)c1ccc(Cl)c(F)c1)c1ccccc1. The van der Waals surface area contributed by atoms with Crippen LogP contribution in [-0.2, 0) is 0 Å². The first kappa shape index (κ1) is 15.4. The predicted octanol–water partition coefficient (Wildman–Crippen LogP) is 3.24. The molecule has 1 amide bonds. The van der Waals surface area contributed by atoms with Crippen molar-refractivity contribution >= 4 is 34.7 Å². The topological polar surface area (TPSA) is 55.1 Å². The summed E-state index contributed by atoms with van der Waals surface area (Å²) in [6.07, 6.45) is 0. The van der Waals surface area contributed by atoms with Gasteiger partial charge in [-0.3, -0.25) is 4.79 Å². The maximum Gasteiger partial charge on any atom is 0.252 e. The minimum Gasteiger partial charge on any atom is -0.391 e. The van der Waals surface area contributed by atoms with Crippen LogP contribution in [0.3, 0.4) is 0 Å². The largest absolute Gasteiger partial charge is 0.391 e. The maximum atomic E-state index is 13.4. The van der Waals surface area contributed by atoms with Gasteiger partial charge in [0, 0.05) is 5.56 Å². The molecule has 0 aliphatic carbocycles. The Kier molecular flexibility index (Phi) is 4.88. The molecule has 0 aromatic heterocycles. The highest BCUT2D eigenvalue weighted by atomic mass is 35.5. The highest BCUT2D eigenvalue weighted by Gasteiger charge is 2.18. The summed E-state index contributed by atoms with van der Waals surface area (Å²) in [5.74, 6) is -1.14. The van der Waals surface area contributed by atoms with E-state index in [9.17, 15) is 9.18 Å². The van der Waals surface area contributed by atoms with Crippen LogP contribution < -0.4 is 11.1 Å². The van der Waals surface area contributed by atoms with Gasteiger partial charge in [0.2, 0.25) is 0 Å². The summed E-state index contributed by atoms with van der Waals surface area (Å²) in [5, 5.41) is 2.64. The van der Waals surface area contributed by atoms with Crippen LogP contribution in [0.5, 0.6) is 0 Å². The highest BCUT2D eigenvalue weighted by molar-refractivity contribution is 7.80. The van der Waals surface area contributed by atoms with Gasteiger partial charge >= 0.3 is 0 Å². The molecule has 2 aromatic rings. The lowest BCUT2D eigenvalue weighted by molar-refractivity contribution is 0.0946. The quantitative estimate of drug-likeness (QED) is 0.850. The summed E-state index contributed by atoms with van der Waals surface area (Å²) < 4.78 is 13.4. The first-order valence-electron chi connectivity index (χ1n) is 6.09. The number of benzene rings is 2. The van der Waals surface area contributed by atoms with Gasteiger partial charge in [0.05, 0.1) is 5.02 Å². The fourth-order valence-electron chi connectivity index (χ4n) is 1.82. The second-order valence-corrected chi connectivity index (χ2v) is 5.23. The van der Waals surface area contributed by atoms with Gasteiger partial charge in [-0.05, 0) is 23.8 Å². The van der Waals surface area contributed by atoms with E-state index in [1.807, 2.05) is 18.2 Å². The van der Waals surface area contributed by atoms with Gasteiger partial charge in [-0.25, -0.2) is 4.39 Å². The molecule has 0 fully saturated rings. The molecule has 0 bridgehead atoms. The maximum absolute atomic E-state index is 13.4. The molecular formula is C15H12ClFN2OS. The molecule has 0 saturated carbocycles. The Morgan fingerprint density at radius 3 is 2.48 bits per heavy atom. The lowest BCUT2D eigenvalue weighted by Crippen LogP contribution is -2.36. The monoisotopic (exact) mass is 322 g/mol. The van der Waals surface area contributed by atoms with E-state index >= 15 is 0 Å². The van der Waals surface area contributed by atoms with Crippen molar-refractivity contribution in [2.45, 2.75) is 6.04 Å². The number of carbonyl (C=O) groups is 1. The zero-order valence-corrected chi connectivity index (χ0v) is 12.4. The second-order valence-electron chi connectivity index (χ2n) is 4.35. The van der Waals surface area contributed by atoms with Crippen LogP contribution in [-0.4, -0.2) is 10.9 Å². The van der Waals surface area contributed by atoms with Crippen LogP contribution in [0.15, 0.2) is 48.5 Å². The van der Waals surface area contributed by atoms with E-state index < -0.39 is 17.8 Å². The number of hydrogen-bond acceptors (Lipinski definition) is 2. The fraction of sp³-hybridized carbons (Fsp3) is 0.0667. The lowest BCUT2D eigenvalue weighted by Gasteiger charge is -2.18. The van der Waals surface area contributed by atoms with Crippen LogP contribution in [0.2, 0.25) is 5.02 Å². The Bertz CT molecular complexity index is 679. The van der Waals surface area contributed by atoms with Gasteiger partial charge in [0.25, 0.3) is 5.91 Å². The minimum absolute atomic E-state index is 0.0412. The number of carbonyl (C=O) groups excluding carboxylic acids is 1. The Morgan fingerprint density at radius 2 is 1.90 bits per heavy atom. The van der Waals surface area contributed by atoms with E-state index in [2.05, 4.69) is 5.32 Å². The summed E-state index contributed by atoms with van der Waals surface area (Å²) in [6, 6.07) is 12.3. The first-order chi connectivity index (χ1) is 9.99. The molecule has 21 heavy (non-hydrogen) atoms. The molecule has 0 aliphatic rings. The van der Waals surface area contributed by atoms with Crippen LogP contribution in [0.1, 0.15) is 22.0 Å². The van der Waals surface area contributed by atoms with E-state index in [0.29, 0.717) is 0 Å². The molecule has 0 saturated heterocycles. The average molecular weight is 323 g/mol. The van der Waals surface area contributed by atoms with Crippen molar-refractivity contribution < 1.29 is 9.18 Å². The van der Waals surface area contributed by atoms with Gasteiger partial charge < -0.3 is 11.1 Å². The van der Waals surface area contributed by atoms with Crippen molar-refractivity contribution in [3.05, 3.63) is 70.5 Å². The van der Waals surface area contributed by atoms with E-state index in [0.717, 1.165) is 11.6 Å². The standard InChI is InChI=1S/C15H12ClFN2OS/c16-11-7-6-10(8-12(11)17)15(20)19-13(14(18)21)9-4-2-1-3-5-9/h1-8,13H,(H2,18,21)(H,19,20). The molecule has 0 aliphatic heterocycles. The molecule has 108 valence electrons. The smallest absolute Gasteiger partial charge is 0.252 e. The van der Waals surface area contributed by atoms with Crippen molar-refractivity contribution in [3.63, 3.8) is 0 Å². The zero-order chi connectivity index (χ0) is 15.4. The Balaban J connectivity index is 2.23. The van der Waals surface area contributed by atoms with Gasteiger partial charge in [-0.1, -0.05) is 54.2 Å². The van der Waals surface area contributed by atoms with Crippen LogP contribution in [0.25, 0.3) is 0 Å². The first-order valence-corrected chi connectivity index (χ1v) is 6.88. The normalized spacial score (nSPS) is 11.7. The number of amides is 1. The summed E-state index contributed by atoms with van der Waals surface area (Å²) in [5.41, 5.74) is 6.58. The Morgan fingerprint density at radius 1 is 1.24 bits per heavy atom. The van der Waals surface area contributed by atoms with Gasteiger partial charge in [0.1, 0.15) is 16.8 Å². The van der Waals surface area contributed by atoms with Crippen molar-refractivity contribution in [2.24, 2.45) is 5.73 Å². The molecule has 1 unspecified atom stereocenters. The molecule has 2 aromatic carbocycles. The lowest BCUT2D eigenvalue weighted by atomic mass is 10.1. The average Bonchev–Trinajstić information content (AvgIpc) is 2.48. The summed E-state index contributed by atoms with van der Waals surface area (Å²) >= 11 is 10.6. The van der Waals surface area contributed by atoms with Crippen molar-refractivity contribution in [1.82, 2.24) is 5.32 Å². The molecule has 3 nitrogen and oxygen atoms in total. The number of rotatable bonds is 4. The molecule has 1 atom stereocenters. The van der Waals surface area contributed by atoms with E-state index in [1.54, 1.807) is 12.1 Å². The fourth-order valence-corrected chi connectivity index (χ4v) is 2.13. The molecule has 0 heterocycles. The Hall–Kier alpha value is -1.98. The number of nitrogens with one attached hydrogen (secondary N) is 1. The van der Waals surface area contributed by atoms with Gasteiger partial charge in [0.15, 0.2) is 0 Å². The van der Waals surface area contributed by atoms with Crippen LogP contribution in [0.4, 0.5) is 4.39 Å². The number of hydrogen-bond donors (Lipinski definition) is 2. The van der Waals surface area contributed by atoms with Crippen LogP contribution in [0, 0.1) is 5.82 Å². The summed E-state index contributed by atoms with van der Waals surface area (Å²) in [6.45, 7) is 0. The van der Waals surface area contributed by atoms with Crippen LogP contribution >= 0.6 is 23.8 Å². The third-order valence-corrected chi connectivity index (χ3v) is 3.42. The minimum atomic E-state index is -0.657. The van der Waals surface area contributed by atoms with Crippen molar-refractivity contribution in [3.8, 4) is 0 Å². The molecule has 0 spiro atoms. The summed E-state index contributed by atoms with van der Waals surface area (Å²) in [4.78, 5) is 12.3. The number of thiocarbonyl (C=S) groups is 1. The molecule has 6 heteroatoms. The number of nitrogens with two attached hydrogens (primary N) is 1. The second kappa shape index (κ2) is 6.65. The number of halogens is 2. The van der Waals surface area contributed by atoms with Gasteiger partial charge in [-0.2, -0.15) is 0 Å². The van der Waals surface area contributed by atoms with E-state index in [4.69, 9.17) is 29.6 Å². The molecule has 0 radical (unpaired) electrons. The third kappa shape index (κ3) is 3.77. The zero-order valence-electron chi connectivity index (χ0n) is 10.8. The summed E-state index contributed by atoms with van der Waals surface area (Å²) in [7, 11) is 0. The molecular weight excluding hydrogens is 311 g/mol. The van der Waals surface area contributed by atoms with E-state index in [1.165, 1.54) is 12.1 Å². The molecule has 2 rings (SSSR count). The third-order valence-electron chi connectivity index (χ3n) is 2.87. The van der Waals surface area contributed by atoms with Gasteiger partial charge in [-0.15, -0.1) is 0 Å². The van der Waals surface area contributed by atoms with Crippen molar-refractivity contribution in [1.29, 1.82) is 0 Å². The highest BCUT2D eigenvalue weighted by Crippen LogP contribution is 2.17. The van der Waals surface area contributed by atoms with Crippen molar-refractivity contribution in [2.75, 3.05) is 0 Å². The van der Waals surface area contributed by atoms with E-state index in [-0.39, 0.29) is 15.6 Å². The predicted molar refractivity (Wildman–Crippen MR) is 84.8 cm³/mol. The molecule has 3 N–H and O–H groups in total.